The molecule has 0 bridgehead atoms. The number of hydrogen-bond donors (Lipinski definition) is 0. The SMILES string of the molecule is CC(C)(C)[Si](C)(C)Oc1cccc(I)c1.[MgH2]. The van der Waals surface area contributed by atoms with Gasteiger partial charge in [0.2, 0.25) is 8.32 Å². The number of hydrogen-bond acceptors (Lipinski definition) is 1. The molecule has 1 nitrogen and oxygen atoms in total. The van der Waals surface area contributed by atoms with Crippen LogP contribution < -0.4 is 4.43 Å². The van der Waals surface area contributed by atoms with Crippen LogP contribution in [0, 0.1) is 3.57 Å². The van der Waals surface area contributed by atoms with E-state index in [9.17, 15) is 0 Å². The zero-order valence-electron chi connectivity index (χ0n) is 10.1. The minimum atomic E-state index is -1.67. The third kappa shape index (κ3) is 4.54. The van der Waals surface area contributed by atoms with E-state index in [-0.39, 0.29) is 28.1 Å². The normalized spacial score (nSPS) is 11.9. The van der Waals surface area contributed by atoms with Crippen molar-refractivity contribution in [3.8, 4) is 5.75 Å². The first-order valence-corrected chi connectivity index (χ1v) is 9.16. The van der Waals surface area contributed by atoms with Crippen molar-refractivity contribution in [1.82, 2.24) is 0 Å². The lowest BCUT2D eigenvalue weighted by molar-refractivity contribution is 0.492. The van der Waals surface area contributed by atoms with Crippen LogP contribution in [-0.4, -0.2) is 31.4 Å². The minimum Gasteiger partial charge on any atom is -0.543 e. The molecule has 0 aromatic heterocycles. The zero-order valence-corrected chi connectivity index (χ0v) is 13.3. The molecule has 0 aliphatic heterocycles. The Morgan fingerprint density at radius 2 is 1.75 bits per heavy atom. The van der Waals surface area contributed by atoms with Gasteiger partial charge in [0.25, 0.3) is 0 Å². The van der Waals surface area contributed by atoms with Crippen molar-refractivity contribution in [3.05, 3.63) is 27.8 Å². The van der Waals surface area contributed by atoms with E-state index in [0.717, 1.165) is 5.75 Å². The summed E-state index contributed by atoms with van der Waals surface area (Å²) in [6, 6.07) is 8.27. The second-order valence-electron chi connectivity index (χ2n) is 5.32. The van der Waals surface area contributed by atoms with Gasteiger partial charge in [0.1, 0.15) is 5.75 Å². The summed E-state index contributed by atoms with van der Waals surface area (Å²) in [7, 11) is -1.67. The fourth-order valence-electron chi connectivity index (χ4n) is 0.978. The monoisotopic (exact) mass is 360 g/mol. The summed E-state index contributed by atoms with van der Waals surface area (Å²) in [6.07, 6.45) is 0. The lowest BCUT2D eigenvalue weighted by Crippen LogP contribution is -2.43. The van der Waals surface area contributed by atoms with Crippen LogP contribution in [0.25, 0.3) is 0 Å². The van der Waals surface area contributed by atoms with E-state index in [4.69, 9.17) is 4.43 Å². The molecule has 0 heterocycles. The van der Waals surface area contributed by atoms with Crippen LogP contribution in [0.5, 0.6) is 5.75 Å². The topological polar surface area (TPSA) is 9.23 Å². The van der Waals surface area contributed by atoms with Crippen LogP contribution in [0.15, 0.2) is 24.3 Å². The van der Waals surface area contributed by atoms with Gasteiger partial charge in [-0.05, 0) is 58.9 Å². The molecule has 0 atom stereocenters. The summed E-state index contributed by atoms with van der Waals surface area (Å²) >= 11 is 2.31. The lowest BCUT2D eigenvalue weighted by atomic mass is 10.2. The summed E-state index contributed by atoms with van der Waals surface area (Å²) in [6.45, 7) is 11.3. The molecule has 0 fully saturated rings. The highest BCUT2D eigenvalue weighted by Gasteiger charge is 2.38. The Morgan fingerprint density at radius 3 is 2.19 bits per heavy atom. The molecule has 0 N–H and O–H groups in total. The number of halogens is 1. The second-order valence-corrected chi connectivity index (χ2v) is 11.3. The van der Waals surface area contributed by atoms with Gasteiger partial charge in [0.05, 0.1) is 0 Å². The quantitative estimate of drug-likeness (QED) is 0.576. The van der Waals surface area contributed by atoms with Gasteiger partial charge in [-0.2, -0.15) is 0 Å². The zero-order chi connectivity index (χ0) is 11.7. The van der Waals surface area contributed by atoms with Crippen LogP contribution in [0.1, 0.15) is 20.8 Å². The maximum Gasteiger partial charge on any atom is 0.316 e. The average Bonchev–Trinajstić information content (AvgIpc) is 2.00. The highest BCUT2D eigenvalue weighted by Crippen LogP contribution is 2.37. The van der Waals surface area contributed by atoms with Crippen molar-refractivity contribution in [2.75, 3.05) is 0 Å². The van der Waals surface area contributed by atoms with Gasteiger partial charge in [0, 0.05) is 3.57 Å². The van der Waals surface area contributed by atoms with Gasteiger partial charge >= 0.3 is 23.1 Å². The van der Waals surface area contributed by atoms with Crippen molar-refractivity contribution < 1.29 is 4.43 Å². The number of rotatable bonds is 2. The second kappa shape index (κ2) is 6.06. The van der Waals surface area contributed by atoms with Gasteiger partial charge in [0.15, 0.2) is 0 Å². The largest absolute Gasteiger partial charge is 0.543 e. The third-order valence-electron chi connectivity index (χ3n) is 2.98. The average molecular weight is 361 g/mol. The molecule has 0 unspecified atom stereocenters. The van der Waals surface area contributed by atoms with E-state index >= 15 is 0 Å². The molecule has 0 saturated heterocycles. The van der Waals surface area contributed by atoms with Gasteiger partial charge in [-0.15, -0.1) is 0 Å². The van der Waals surface area contributed by atoms with E-state index in [1.54, 1.807) is 0 Å². The predicted octanol–water partition coefficient (Wildman–Crippen LogP) is 3.76. The molecular formula is C12H21IMgOSi. The predicted molar refractivity (Wildman–Crippen MR) is 85.5 cm³/mol. The van der Waals surface area contributed by atoms with Crippen LogP contribution in [0.4, 0.5) is 0 Å². The molecule has 0 aliphatic carbocycles. The highest BCUT2D eigenvalue weighted by molar-refractivity contribution is 14.1. The lowest BCUT2D eigenvalue weighted by Gasteiger charge is -2.36. The molecule has 4 heteroatoms. The Morgan fingerprint density at radius 1 is 1.19 bits per heavy atom. The van der Waals surface area contributed by atoms with Crippen molar-refractivity contribution in [3.63, 3.8) is 0 Å². The minimum absolute atomic E-state index is 0. The highest BCUT2D eigenvalue weighted by atomic mass is 127. The van der Waals surface area contributed by atoms with E-state index in [1.807, 2.05) is 12.1 Å². The van der Waals surface area contributed by atoms with E-state index in [2.05, 4.69) is 68.6 Å². The van der Waals surface area contributed by atoms with Gasteiger partial charge in [-0.25, -0.2) is 0 Å². The summed E-state index contributed by atoms with van der Waals surface area (Å²) in [5.74, 6) is 1.01. The van der Waals surface area contributed by atoms with Crippen molar-refractivity contribution in [1.29, 1.82) is 0 Å². The maximum absolute atomic E-state index is 6.18. The van der Waals surface area contributed by atoms with E-state index in [1.165, 1.54) is 3.57 Å². The van der Waals surface area contributed by atoms with Gasteiger partial charge in [-0.3, -0.25) is 0 Å². The molecule has 16 heavy (non-hydrogen) atoms. The molecule has 0 aliphatic rings. The molecule has 88 valence electrons. The summed E-state index contributed by atoms with van der Waals surface area (Å²) < 4.78 is 7.41. The molecule has 0 saturated carbocycles. The standard InChI is InChI=1S/C12H19IOSi.Mg.2H/c1-12(2,3)15(4,5)14-11-8-6-7-10(13)9-11;;;/h6-9H,1-5H3;;;. The van der Waals surface area contributed by atoms with Crippen LogP contribution in [0.2, 0.25) is 18.1 Å². The number of benzene rings is 1. The maximum atomic E-state index is 6.18. The Kier molecular flexibility index (Phi) is 6.34. The van der Waals surface area contributed by atoms with E-state index < -0.39 is 8.32 Å². The molecule has 1 aromatic rings. The fourth-order valence-corrected chi connectivity index (χ4v) is 2.52. The third-order valence-corrected chi connectivity index (χ3v) is 8.00. The molecule has 1 rings (SSSR count). The van der Waals surface area contributed by atoms with Gasteiger partial charge in [-0.1, -0.05) is 26.8 Å². The molecule has 0 spiro atoms. The first-order valence-electron chi connectivity index (χ1n) is 5.17. The van der Waals surface area contributed by atoms with E-state index in [0.29, 0.717) is 0 Å². The van der Waals surface area contributed by atoms with Crippen LogP contribution in [0.3, 0.4) is 0 Å². The molecule has 0 radical (unpaired) electrons. The Bertz CT molecular complexity index is 347. The van der Waals surface area contributed by atoms with Gasteiger partial charge < -0.3 is 4.43 Å². The molecule has 0 amide bonds. The van der Waals surface area contributed by atoms with Crippen molar-refractivity contribution >= 4 is 54.0 Å². The first kappa shape index (κ1) is 16.7. The molecule has 1 aromatic carbocycles. The first-order chi connectivity index (χ1) is 6.72. The fraction of sp³-hybridized carbons (Fsp3) is 0.500. The van der Waals surface area contributed by atoms with Crippen molar-refractivity contribution in [2.45, 2.75) is 38.9 Å². The summed E-state index contributed by atoms with van der Waals surface area (Å²) in [5, 5.41) is 0.258. The Labute approximate surface area is 130 Å². The summed E-state index contributed by atoms with van der Waals surface area (Å²) in [4.78, 5) is 0. The smallest absolute Gasteiger partial charge is 0.316 e. The summed E-state index contributed by atoms with van der Waals surface area (Å²) in [5.41, 5.74) is 0. The van der Waals surface area contributed by atoms with Crippen LogP contribution in [-0.2, 0) is 0 Å². The molecular weight excluding hydrogens is 339 g/mol. The van der Waals surface area contributed by atoms with Crippen LogP contribution >= 0.6 is 22.6 Å². The Balaban J connectivity index is 0.00000225. The Hall–Kier alpha value is 0.733. The van der Waals surface area contributed by atoms with Crippen molar-refractivity contribution in [2.24, 2.45) is 0 Å².